The van der Waals surface area contributed by atoms with Crippen molar-refractivity contribution in [2.75, 3.05) is 0 Å². The lowest BCUT2D eigenvalue weighted by molar-refractivity contribution is 0.124. The van der Waals surface area contributed by atoms with E-state index in [9.17, 15) is 0 Å². The summed E-state index contributed by atoms with van der Waals surface area (Å²) in [6, 6.07) is 8.38. The molecular weight excluding hydrogens is 208 g/mol. The number of rotatable bonds is 3. The van der Waals surface area contributed by atoms with Gasteiger partial charge >= 0.3 is 0 Å². The quantitative estimate of drug-likeness (QED) is 0.707. The first-order valence-corrected chi connectivity index (χ1v) is 5.99. The Morgan fingerprint density at radius 2 is 1.80 bits per heavy atom. The van der Waals surface area contributed by atoms with E-state index in [-0.39, 0.29) is 0 Å². The molecule has 15 heavy (non-hydrogen) atoms. The number of hydrogen-bond donors (Lipinski definition) is 0. The SMILES string of the molecule is CC(C)c1ccc(OC2CC(Cl)C2)cc1. The fourth-order valence-electron chi connectivity index (χ4n) is 1.72. The molecule has 1 fully saturated rings. The summed E-state index contributed by atoms with van der Waals surface area (Å²) in [6.45, 7) is 4.39. The van der Waals surface area contributed by atoms with E-state index in [4.69, 9.17) is 16.3 Å². The Labute approximate surface area is 96.4 Å². The fraction of sp³-hybridized carbons (Fsp3) is 0.538. The zero-order valence-corrected chi connectivity index (χ0v) is 10.00. The Hall–Kier alpha value is -0.690. The first kappa shape index (κ1) is 10.8. The van der Waals surface area contributed by atoms with E-state index >= 15 is 0 Å². The van der Waals surface area contributed by atoms with Crippen LogP contribution >= 0.6 is 11.6 Å². The molecular formula is C13H17ClO. The first-order chi connectivity index (χ1) is 7.15. The molecule has 82 valence electrons. The van der Waals surface area contributed by atoms with Crippen LogP contribution in [0.5, 0.6) is 5.75 Å². The van der Waals surface area contributed by atoms with Crippen LogP contribution in [-0.4, -0.2) is 11.5 Å². The first-order valence-electron chi connectivity index (χ1n) is 5.56. The number of halogens is 1. The minimum atomic E-state index is 0.324. The van der Waals surface area contributed by atoms with Crippen molar-refractivity contribution in [3.63, 3.8) is 0 Å². The minimum Gasteiger partial charge on any atom is -0.490 e. The van der Waals surface area contributed by atoms with Crippen LogP contribution in [0, 0.1) is 0 Å². The lowest BCUT2D eigenvalue weighted by Gasteiger charge is -2.31. The van der Waals surface area contributed by atoms with Gasteiger partial charge in [0.2, 0.25) is 0 Å². The normalized spacial score (nSPS) is 25.1. The zero-order chi connectivity index (χ0) is 10.8. The van der Waals surface area contributed by atoms with Crippen LogP contribution in [0.3, 0.4) is 0 Å². The van der Waals surface area contributed by atoms with E-state index in [0.717, 1.165) is 18.6 Å². The van der Waals surface area contributed by atoms with Crippen molar-refractivity contribution in [3.8, 4) is 5.75 Å². The van der Waals surface area contributed by atoms with E-state index in [1.54, 1.807) is 0 Å². The van der Waals surface area contributed by atoms with Gasteiger partial charge in [-0.05, 0) is 23.6 Å². The van der Waals surface area contributed by atoms with Gasteiger partial charge in [-0.15, -0.1) is 11.6 Å². The Bertz CT molecular complexity index is 312. The van der Waals surface area contributed by atoms with Crippen LogP contribution in [0.25, 0.3) is 0 Å². The molecule has 1 aliphatic rings. The Morgan fingerprint density at radius 1 is 1.20 bits per heavy atom. The molecule has 0 amide bonds. The van der Waals surface area contributed by atoms with Crippen LogP contribution in [-0.2, 0) is 0 Å². The molecule has 0 saturated heterocycles. The predicted octanol–water partition coefficient (Wildman–Crippen LogP) is 3.96. The summed E-state index contributed by atoms with van der Waals surface area (Å²) < 4.78 is 5.77. The van der Waals surface area contributed by atoms with Gasteiger partial charge in [-0.25, -0.2) is 0 Å². The second kappa shape index (κ2) is 4.44. The summed E-state index contributed by atoms with van der Waals surface area (Å²) in [6.07, 6.45) is 2.29. The molecule has 1 aromatic carbocycles. The van der Waals surface area contributed by atoms with Crippen molar-refractivity contribution in [3.05, 3.63) is 29.8 Å². The molecule has 0 N–H and O–H groups in total. The van der Waals surface area contributed by atoms with Crippen molar-refractivity contribution in [1.29, 1.82) is 0 Å². The average Bonchev–Trinajstić information content (AvgIpc) is 2.16. The van der Waals surface area contributed by atoms with E-state index < -0.39 is 0 Å². The molecule has 0 bridgehead atoms. The maximum Gasteiger partial charge on any atom is 0.119 e. The molecule has 2 heteroatoms. The summed E-state index contributed by atoms with van der Waals surface area (Å²) in [5.74, 6) is 1.54. The topological polar surface area (TPSA) is 9.23 Å². The third-order valence-corrected chi connectivity index (χ3v) is 3.24. The summed E-state index contributed by atoms with van der Waals surface area (Å²) in [7, 11) is 0. The lowest BCUT2D eigenvalue weighted by Crippen LogP contribution is -2.34. The van der Waals surface area contributed by atoms with Crippen LogP contribution < -0.4 is 4.74 Å². The molecule has 0 aliphatic heterocycles. The van der Waals surface area contributed by atoms with Gasteiger partial charge < -0.3 is 4.74 Å². The zero-order valence-electron chi connectivity index (χ0n) is 9.24. The molecule has 0 heterocycles. The Balaban J connectivity index is 1.92. The molecule has 0 aromatic heterocycles. The molecule has 0 atom stereocenters. The lowest BCUT2D eigenvalue weighted by atomic mass is 9.95. The highest BCUT2D eigenvalue weighted by molar-refractivity contribution is 6.21. The predicted molar refractivity (Wildman–Crippen MR) is 63.8 cm³/mol. The van der Waals surface area contributed by atoms with Gasteiger partial charge in [0.25, 0.3) is 0 Å². The van der Waals surface area contributed by atoms with Crippen molar-refractivity contribution >= 4 is 11.6 Å². The Morgan fingerprint density at radius 3 is 2.27 bits per heavy atom. The van der Waals surface area contributed by atoms with Gasteiger partial charge in [-0.1, -0.05) is 26.0 Å². The van der Waals surface area contributed by atoms with Gasteiger partial charge in [-0.3, -0.25) is 0 Å². The third-order valence-electron chi connectivity index (χ3n) is 2.89. The smallest absolute Gasteiger partial charge is 0.119 e. The van der Waals surface area contributed by atoms with Crippen LogP contribution in [0.4, 0.5) is 0 Å². The molecule has 1 saturated carbocycles. The monoisotopic (exact) mass is 224 g/mol. The molecule has 2 rings (SSSR count). The standard InChI is InChI=1S/C13H17ClO/c1-9(2)10-3-5-12(6-4-10)15-13-7-11(14)8-13/h3-6,9,11,13H,7-8H2,1-2H3. The second-order valence-corrected chi connectivity index (χ2v) is 5.15. The maximum absolute atomic E-state index is 5.90. The fourth-order valence-corrected chi connectivity index (χ4v) is 2.12. The number of ether oxygens (including phenoxy) is 1. The van der Waals surface area contributed by atoms with Crippen LogP contribution in [0.1, 0.15) is 38.2 Å². The van der Waals surface area contributed by atoms with Gasteiger partial charge in [-0.2, -0.15) is 0 Å². The summed E-state index contributed by atoms with van der Waals surface area (Å²) in [5, 5.41) is 0.324. The second-order valence-electron chi connectivity index (χ2n) is 4.53. The molecule has 0 radical (unpaired) electrons. The van der Waals surface area contributed by atoms with Gasteiger partial charge in [0.15, 0.2) is 0 Å². The number of benzene rings is 1. The van der Waals surface area contributed by atoms with Crippen molar-refractivity contribution in [2.24, 2.45) is 0 Å². The minimum absolute atomic E-state index is 0.324. The average molecular weight is 225 g/mol. The molecule has 1 aliphatic carbocycles. The van der Waals surface area contributed by atoms with Gasteiger partial charge in [0.05, 0.1) is 0 Å². The molecule has 1 nitrogen and oxygen atoms in total. The highest BCUT2D eigenvalue weighted by Gasteiger charge is 2.28. The molecule has 0 spiro atoms. The van der Waals surface area contributed by atoms with E-state index in [1.807, 2.05) is 0 Å². The van der Waals surface area contributed by atoms with Crippen molar-refractivity contribution in [1.82, 2.24) is 0 Å². The number of hydrogen-bond acceptors (Lipinski definition) is 1. The van der Waals surface area contributed by atoms with E-state index in [2.05, 4.69) is 38.1 Å². The maximum atomic E-state index is 5.90. The van der Waals surface area contributed by atoms with Crippen LogP contribution in [0.15, 0.2) is 24.3 Å². The molecule has 1 aromatic rings. The summed E-state index contributed by atoms with van der Waals surface area (Å²) in [5.41, 5.74) is 1.35. The third kappa shape index (κ3) is 2.66. The van der Waals surface area contributed by atoms with E-state index in [0.29, 0.717) is 17.4 Å². The Kier molecular flexibility index (Phi) is 3.20. The molecule has 0 unspecified atom stereocenters. The largest absolute Gasteiger partial charge is 0.490 e. The summed E-state index contributed by atoms with van der Waals surface area (Å²) in [4.78, 5) is 0. The van der Waals surface area contributed by atoms with Crippen molar-refractivity contribution in [2.45, 2.75) is 44.1 Å². The van der Waals surface area contributed by atoms with Crippen molar-refractivity contribution < 1.29 is 4.74 Å². The highest BCUT2D eigenvalue weighted by Crippen LogP contribution is 2.30. The van der Waals surface area contributed by atoms with Crippen LogP contribution in [0.2, 0.25) is 0 Å². The number of alkyl halides is 1. The highest BCUT2D eigenvalue weighted by atomic mass is 35.5. The van der Waals surface area contributed by atoms with E-state index in [1.165, 1.54) is 5.56 Å². The summed E-state index contributed by atoms with van der Waals surface area (Å²) >= 11 is 5.90. The van der Waals surface area contributed by atoms with Gasteiger partial charge in [0.1, 0.15) is 11.9 Å². The van der Waals surface area contributed by atoms with Gasteiger partial charge in [0, 0.05) is 18.2 Å².